The highest BCUT2D eigenvalue weighted by atomic mass is 32.2. The molecule has 0 atom stereocenters. The number of benzene rings is 1. The topological polar surface area (TPSA) is 37.8 Å². The molecule has 0 spiro atoms. The maximum Gasteiger partial charge on any atom is 0.221 e. The lowest BCUT2D eigenvalue weighted by atomic mass is 10.3. The van der Waals surface area contributed by atoms with Gasteiger partial charge in [0.05, 0.1) is 0 Å². The molecule has 0 radical (unpaired) electrons. The first kappa shape index (κ1) is 13.8. The normalized spacial score (nSPS) is 10.5. The zero-order valence-electron chi connectivity index (χ0n) is 11.0. The van der Waals surface area contributed by atoms with Gasteiger partial charge in [0.25, 0.3) is 0 Å². The second-order valence-electron chi connectivity index (χ2n) is 4.11. The van der Waals surface area contributed by atoms with Crippen LogP contribution in [0.15, 0.2) is 35.5 Å². The van der Waals surface area contributed by atoms with Gasteiger partial charge in [-0.3, -0.25) is 0 Å². The number of thioether (sulfide) groups is 1. The molecular weight excluding hydrogens is 261 g/mol. The van der Waals surface area contributed by atoms with E-state index in [2.05, 4.69) is 22.2 Å². The molecule has 0 fully saturated rings. The third-order valence-corrected chi connectivity index (χ3v) is 3.59. The van der Waals surface area contributed by atoms with Crippen molar-refractivity contribution in [3.8, 4) is 0 Å². The number of nitrogens with one attached hydrogen (secondary N) is 1. The third kappa shape index (κ3) is 3.67. The molecule has 0 saturated heterocycles. The van der Waals surface area contributed by atoms with E-state index in [1.54, 1.807) is 6.92 Å². The number of rotatable bonds is 5. The standard InChI is InChI=1S/C14H16FN3S/c1-3-9-19-14-17-12(15)10(2)13(18-14)16-11-7-5-4-6-8-11/h4-8H,3,9H2,1-2H3,(H,16,17,18). The minimum absolute atomic E-state index is 0.435. The Labute approximate surface area is 116 Å². The Morgan fingerprint density at radius 2 is 1.95 bits per heavy atom. The van der Waals surface area contributed by atoms with Crippen molar-refractivity contribution in [1.29, 1.82) is 0 Å². The SMILES string of the molecule is CCCSc1nc(F)c(C)c(Nc2ccccc2)n1. The fraction of sp³-hybridized carbons (Fsp3) is 0.286. The molecule has 19 heavy (non-hydrogen) atoms. The molecule has 1 N–H and O–H groups in total. The van der Waals surface area contributed by atoms with Crippen LogP contribution in [0.2, 0.25) is 0 Å². The first-order valence-corrected chi connectivity index (χ1v) is 7.18. The Kier molecular flexibility index (Phi) is 4.74. The van der Waals surface area contributed by atoms with Crippen molar-refractivity contribution in [2.45, 2.75) is 25.4 Å². The highest BCUT2D eigenvalue weighted by Crippen LogP contribution is 2.23. The van der Waals surface area contributed by atoms with Crippen LogP contribution in [-0.2, 0) is 0 Å². The van der Waals surface area contributed by atoms with Crippen molar-refractivity contribution in [3.05, 3.63) is 41.8 Å². The zero-order chi connectivity index (χ0) is 13.7. The maximum absolute atomic E-state index is 13.8. The monoisotopic (exact) mass is 277 g/mol. The van der Waals surface area contributed by atoms with E-state index >= 15 is 0 Å². The lowest BCUT2D eigenvalue weighted by Gasteiger charge is -2.10. The molecule has 1 heterocycles. The van der Waals surface area contributed by atoms with Gasteiger partial charge in [-0.25, -0.2) is 4.98 Å². The van der Waals surface area contributed by atoms with Gasteiger partial charge in [-0.1, -0.05) is 36.9 Å². The lowest BCUT2D eigenvalue weighted by Crippen LogP contribution is -2.03. The van der Waals surface area contributed by atoms with Gasteiger partial charge in [-0.05, 0) is 25.5 Å². The van der Waals surface area contributed by atoms with Crippen molar-refractivity contribution in [2.24, 2.45) is 0 Å². The average Bonchev–Trinajstić information content (AvgIpc) is 2.43. The Hall–Kier alpha value is -1.62. The number of hydrogen-bond donors (Lipinski definition) is 1. The number of nitrogens with zero attached hydrogens (tertiary/aromatic N) is 2. The maximum atomic E-state index is 13.8. The average molecular weight is 277 g/mol. The minimum atomic E-state index is -0.466. The van der Waals surface area contributed by atoms with Crippen LogP contribution >= 0.6 is 11.8 Å². The number of hydrogen-bond acceptors (Lipinski definition) is 4. The second-order valence-corrected chi connectivity index (χ2v) is 5.17. The molecular formula is C14H16FN3S. The van der Waals surface area contributed by atoms with Gasteiger partial charge in [-0.2, -0.15) is 9.37 Å². The predicted molar refractivity (Wildman–Crippen MR) is 77.5 cm³/mol. The molecule has 100 valence electrons. The fourth-order valence-electron chi connectivity index (χ4n) is 1.51. The molecule has 0 aliphatic rings. The summed E-state index contributed by atoms with van der Waals surface area (Å²) >= 11 is 1.47. The van der Waals surface area contributed by atoms with E-state index in [1.807, 2.05) is 30.3 Å². The van der Waals surface area contributed by atoms with E-state index in [0.717, 1.165) is 17.9 Å². The van der Waals surface area contributed by atoms with Gasteiger partial charge < -0.3 is 5.32 Å². The first-order chi connectivity index (χ1) is 9.20. The van der Waals surface area contributed by atoms with Crippen molar-refractivity contribution >= 4 is 23.3 Å². The molecule has 1 aromatic carbocycles. The van der Waals surface area contributed by atoms with Crippen LogP contribution in [0, 0.1) is 12.9 Å². The van der Waals surface area contributed by atoms with E-state index in [9.17, 15) is 4.39 Å². The predicted octanol–water partition coefficient (Wildman–Crippen LogP) is 4.17. The minimum Gasteiger partial charge on any atom is -0.340 e. The van der Waals surface area contributed by atoms with Crippen LogP contribution in [0.3, 0.4) is 0 Å². The van der Waals surface area contributed by atoms with Crippen LogP contribution in [0.25, 0.3) is 0 Å². The van der Waals surface area contributed by atoms with Crippen LogP contribution < -0.4 is 5.32 Å². The number of anilines is 2. The molecule has 0 unspecified atom stereocenters. The summed E-state index contributed by atoms with van der Waals surface area (Å²) in [5, 5.41) is 3.60. The number of halogens is 1. The van der Waals surface area contributed by atoms with Crippen molar-refractivity contribution < 1.29 is 4.39 Å². The molecule has 1 aromatic heterocycles. The van der Waals surface area contributed by atoms with E-state index in [4.69, 9.17) is 0 Å². The molecule has 5 heteroatoms. The van der Waals surface area contributed by atoms with Crippen LogP contribution in [0.1, 0.15) is 18.9 Å². The van der Waals surface area contributed by atoms with Gasteiger partial charge in [0.15, 0.2) is 5.16 Å². The number of para-hydroxylation sites is 1. The Morgan fingerprint density at radius 1 is 1.21 bits per heavy atom. The third-order valence-electron chi connectivity index (χ3n) is 2.54. The molecule has 0 aliphatic carbocycles. The summed E-state index contributed by atoms with van der Waals surface area (Å²) in [6.45, 7) is 3.75. The van der Waals surface area contributed by atoms with Gasteiger partial charge in [0.1, 0.15) is 5.82 Å². The van der Waals surface area contributed by atoms with Crippen molar-refractivity contribution in [1.82, 2.24) is 9.97 Å². The molecule has 0 aliphatic heterocycles. The Morgan fingerprint density at radius 3 is 2.63 bits per heavy atom. The summed E-state index contributed by atoms with van der Waals surface area (Å²) in [4.78, 5) is 8.22. The Balaban J connectivity index is 2.25. The van der Waals surface area contributed by atoms with Gasteiger partial charge in [0, 0.05) is 17.0 Å². The fourth-order valence-corrected chi connectivity index (χ4v) is 2.20. The van der Waals surface area contributed by atoms with Crippen molar-refractivity contribution in [3.63, 3.8) is 0 Å². The van der Waals surface area contributed by atoms with E-state index in [0.29, 0.717) is 16.5 Å². The van der Waals surface area contributed by atoms with Crippen LogP contribution in [0.4, 0.5) is 15.9 Å². The largest absolute Gasteiger partial charge is 0.340 e. The molecule has 2 aromatic rings. The summed E-state index contributed by atoms with van der Waals surface area (Å²) in [5.74, 6) is 0.942. The summed E-state index contributed by atoms with van der Waals surface area (Å²) in [7, 11) is 0. The van der Waals surface area contributed by atoms with Crippen LogP contribution in [0.5, 0.6) is 0 Å². The summed E-state index contributed by atoms with van der Waals surface area (Å²) in [6.07, 6.45) is 1.00. The Bertz CT molecular complexity index is 546. The highest BCUT2D eigenvalue weighted by Gasteiger charge is 2.11. The van der Waals surface area contributed by atoms with E-state index < -0.39 is 5.95 Å². The summed E-state index contributed by atoms with van der Waals surface area (Å²) < 4.78 is 13.8. The zero-order valence-corrected chi connectivity index (χ0v) is 11.8. The van der Waals surface area contributed by atoms with Crippen molar-refractivity contribution in [2.75, 3.05) is 11.1 Å². The van der Waals surface area contributed by atoms with E-state index in [1.165, 1.54) is 11.8 Å². The molecule has 2 rings (SSSR count). The molecule has 0 amide bonds. The van der Waals surface area contributed by atoms with Crippen LogP contribution in [-0.4, -0.2) is 15.7 Å². The molecule has 0 bridgehead atoms. The van der Waals surface area contributed by atoms with E-state index in [-0.39, 0.29) is 0 Å². The lowest BCUT2D eigenvalue weighted by molar-refractivity contribution is 0.555. The summed E-state index contributed by atoms with van der Waals surface area (Å²) in [5.41, 5.74) is 1.32. The molecule has 0 saturated carbocycles. The highest BCUT2D eigenvalue weighted by molar-refractivity contribution is 7.99. The van der Waals surface area contributed by atoms with Gasteiger partial charge >= 0.3 is 0 Å². The molecule has 3 nitrogen and oxygen atoms in total. The number of aromatic nitrogens is 2. The van der Waals surface area contributed by atoms with Gasteiger partial charge in [-0.15, -0.1) is 0 Å². The van der Waals surface area contributed by atoms with Gasteiger partial charge in [0.2, 0.25) is 5.95 Å². The quantitative estimate of drug-likeness (QED) is 0.505. The summed E-state index contributed by atoms with van der Waals surface area (Å²) in [6, 6.07) is 9.60. The smallest absolute Gasteiger partial charge is 0.221 e. The second kappa shape index (κ2) is 6.52. The first-order valence-electron chi connectivity index (χ1n) is 6.19.